The normalized spacial score (nSPS) is 26.8. The SMILES string of the molecule is CCOC(=O)NC(CNC(=NC)NC1CC(OCC)C12CCCC2)C1CC1.I. The van der Waals surface area contributed by atoms with Crippen molar-refractivity contribution in [2.45, 2.75) is 77.0 Å². The van der Waals surface area contributed by atoms with Crippen LogP contribution in [0.1, 0.15) is 58.8 Å². The molecular formula is C20H37IN4O3. The highest BCUT2D eigenvalue weighted by atomic mass is 127. The van der Waals surface area contributed by atoms with E-state index in [2.05, 4.69) is 27.9 Å². The summed E-state index contributed by atoms with van der Waals surface area (Å²) in [6.45, 7) is 5.75. The summed E-state index contributed by atoms with van der Waals surface area (Å²) in [7, 11) is 1.81. The molecule has 162 valence electrons. The molecule has 8 heteroatoms. The molecule has 3 saturated carbocycles. The summed E-state index contributed by atoms with van der Waals surface area (Å²) < 4.78 is 11.0. The van der Waals surface area contributed by atoms with Gasteiger partial charge in [-0.25, -0.2) is 4.79 Å². The van der Waals surface area contributed by atoms with Gasteiger partial charge >= 0.3 is 6.09 Å². The van der Waals surface area contributed by atoms with Crippen LogP contribution in [-0.2, 0) is 9.47 Å². The van der Waals surface area contributed by atoms with Crippen molar-refractivity contribution >= 4 is 36.0 Å². The smallest absolute Gasteiger partial charge is 0.407 e. The van der Waals surface area contributed by atoms with Crippen molar-refractivity contribution in [3.05, 3.63) is 0 Å². The molecule has 0 aromatic heterocycles. The molecule has 1 amide bonds. The van der Waals surface area contributed by atoms with Crippen LogP contribution in [-0.4, -0.2) is 57.0 Å². The molecule has 0 bridgehead atoms. The van der Waals surface area contributed by atoms with Gasteiger partial charge in [-0.3, -0.25) is 4.99 Å². The molecule has 28 heavy (non-hydrogen) atoms. The first-order valence-corrected chi connectivity index (χ1v) is 10.6. The number of hydrogen-bond acceptors (Lipinski definition) is 4. The van der Waals surface area contributed by atoms with E-state index in [0.29, 0.717) is 31.2 Å². The number of carbonyl (C=O) groups is 1. The molecule has 3 unspecified atom stereocenters. The lowest BCUT2D eigenvalue weighted by Gasteiger charge is -2.54. The Kier molecular flexibility index (Phi) is 9.11. The molecule has 0 radical (unpaired) electrons. The fraction of sp³-hybridized carbons (Fsp3) is 0.900. The van der Waals surface area contributed by atoms with Gasteiger partial charge in [0, 0.05) is 31.7 Å². The Labute approximate surface area is 186 Å². The molecule has 0 aromatic carbocycles. The number of ether oxygens (including phenoxy) is 2. The van der Waals surface area contributed by atoms with Crippen molar-refractivity contribution in [3.8, 4) is 0 Å². The minimum absolute atomic E-state index is 0. The van der Waals surface area contributed by atoms with Crippen molar-refractivity contribution in [3.63, 3.8) is 0 Å². The number of nitrogens with one attached hydrogen (secondary N) is 3. The summed E-state index contributed by atoms with van der Waals surface area (Å²) in [6, 6.07) is 0.501. The Morgan fingerprint density at radius 2 is 1.93 bits per heavy atom. The Balaban J connectivity index is 0.00000280. The van der Waals surface area contributed by atoms with Gasteiger partial charge in [0.2, 0.25) is 0 Å². The van der Waals surface area contributed by atoms with Crippen LogP contribution in [0.25, 0.3) is 0 Å². The van der Waals surface area contributed by atoms with E-state index in [0.717, 1.165) is 31.8 Å². The zero-order chi connectivity index (χ0) is 19.3. The fourth-order valence-electron chi connectivity index (χ4n) is 4.81. The quantitative estimate of drug-likeness (QED) is 0.267. The van der Waals surface area contributed by atoms with Crippen LogP contribution >= 0.6 is 24.0 Å². The molecule has 1 spiro atoms. The highest BCUT2D eigenvalue weighted by molar-refractivity contribution is 14.0. The van der Waals surface area contributed by atoms with Crippen molar-refractivity contribution in [1.29, 1.82) is 0 Å². The van der Waals surface area contributed by atoms with Crippen LogP contribution in [0.3, 0.4) is 0 Å². The van der Waals surface area contributed by atoms with Crippen LogP contribution < -0.4 is 16.0 Å². The summed E-state index contributed by atoms with van der Waals surface area (Å²) in [4.78, 5) is 16.2. The van der Waals surface area contributed by atoms with E-state index >= 15 is 0 Å². The first-order chi connectivity index (χ1) is 13.1. The molecule has 3 fully saturated rings. The minimum Gasteiger partial charge on any atom is -0.450 e. The fourth-order valence-corrected chi connectivity index (χ4v) is 4.81. The zero-order valence-corrected chi connectivity index (χ0v) is 19.8. The molecule has 3 aliphatic carbocycles. The third-order valence-electron chi connectivity index (χ3n) is 6.48. The average Bonchev–Trinajstić information content (AvgIpc) is 3.36. The van der Waals surface area contributed by atoms with E-state index in [9.17, 15) is 4.79 Å². The largest absolute Gasteiger partial charge is 0.450 e. The van der Waals surface area contributed by atoms with Crippen LogP contribution in [0.2, 0.25) is 0 Å². The van der Waals surface area contributed by atoms with E-state index in [1.54, 1.807) is 7.05 Å². The Morgan fingerprint density at radius 3 is 2.50 bits per heavy atom. The molecule has 0 saturated heterocycles. The molecule has 3 atom stereocenters. The zero-order valence-electron chi connectivity index (χ0n) is 17.5. The maximum Gasteiger partial charge on any atom is 0.407 e. The lowest BCUT2D eigenvalue weighted by molar-refractivity contribution is -0.125. The molecular weight excluding hydrogens is 471 g/mol. The average molecular weight is 508 g/mol. The monoisotopic (exact) mass is 508 g/mol. The second-order valence-corrected chi connectivity index (χ2v) is 8.08. The van der Waals surface area contributed by atoms with Gasteiger partial charge in [0.15, 0.2) is 5.96 Å². The lowest BCUT2D eigenvalue weighted by Crippen LogP contribution is -2.65. The van der Waals surface area contributed by atoms with Gasteiger partial charge < -0.3 is 25.4 Å². The maximum absolute atomic E-state index is 11.8. The van der Waals surface area contributed by atoms with Crippen molar-refractivity contribution in [2.24, 2.45) is 16.3 Å². The molecule has 0 heterocycles. The number of nitrogens with zero attached hydrogens (tertiary/aromatic N) is 1. The topological polar surface area (TPSA) is 84.0 Å². The van der Waals surface area contributed by atoms with Crippen molar-refractivity contribution in [2.75, 3.05) is 26.8 Å². The molecule has 7 nitrogen and oxygen atoms in total. The number of guanidine groups is 1. The summed E-state index contributed by atoms with van der Waals surface area (Å²) in [6.07, 6.45) is 8.47. The Hall–Kier alpha value is -0.770. The maximum atomic E-state index is 11.8. The molecule has 3 rings (SSSR count). The van der Waals surface area contributed by atoms with E-state index in [1.165, 1.54) is 25.7 Å². The van der Waals surface area contributed by atoms with E-state index in [4.69, 9.17) is 9.47 Å². The van der Waals surface area contributed by atoms with Gasteiger partial charge in [-0.1, -0.05) is 12.8 Å². The number of aliphatic imine (C=N–C) groups is 1. The highest BCUT2D eigenvalue weighted by Gasteiger charge is 2.57. The van der Waals surface area contributed by atoms with E-state index in [1.807, 2.05) is 6.92 Å². The summed E-state index contributed by atoms with van der Waals surface area (Å²) in [5, 5.41) is 10.0. The molecule has 0 aromatic rings. The van der Waals surface area contributed by atoms with Gasteiger partial charge in [-0.05, 0) is 51.9 Å². The number of carbonyl (C=O) groups excluding carboxylic acids is 1. The Bertz CT molecular complexity index is 536. The number of alkyl carbamates (subject to hydrolysis) is 1. The number of amides is 1. The third kappa shape index (κ3) is 5.43. The van der Waals surface area contributed by atoms with Crippen molar-refractivity contribution < 1.29 is 14.3 Å². The van der Waals surface area contributed by atoms with Gasteiger partial charge in [0.1, 0.15) is 0 Å². The summed E-state index contributed by atoms with van der Waals surface area (Å²) in [5.41, 5.74) is 0.271. The van der Waals surface area contributed by atoms with Crippen LogP contribution in [0.4, 0.5) is 4.79 Å². The van der Waals surface area contributed by atoms with Crippen molar-refractivity contribution in [1.82, 2.24) is 16.0 Å². The van der Waals surface area contributed by atoms with Crippen LogP contribution in [0.5, 0.6) is 0 Å². The van der Waals surface area contributed by atoms with Gasteiger partial charge in [-0.2, -0.15) is 0 Å². The first kappa shape index (κ1) is 23.5. The van der Waals surface area contributed by atoms with E-state index < -0.39 is 0 Å². The van der Waals surface area contributed by atoms with Gasteiger partial charge in [0.05, 0.1) is 18.8 Å². The predicted molar refractivity (Wildman–Crippen MR) is 121 cm³/mol. The molecule has 3 aliphatic rings. The highest BCUT2D eigenvalue weighted by Crippen LogP contribution is 2.54. The Morgan fingerprint density at radius 1 is 1.21 bits per heavy atom. The number of rotatable bonds is 8. The predicted octanol–water partition coefficient (Wildman–Crippen LogP) is 3.03. The molecule has 3 N–H and O–H groups in total. The minimum atomic E-state index is -0.331. The summed E-state index contributed by atoms with van der Waals surface area (Å²) >= 11 is 0. The number of hydrogen-bond donors (Lipinski definition) is 3. The van der Waals surface area contributed by atoms with Crippen LogP contribution in [0, 0.1) is 11.3 Å². The third-order valence-corrected chi connectivity index (χ3v) is 6.48. The second kappa shape index (κ2) is 10.8. The van der Waals surface area contributed by atoms with Crippen LogP contribution in [0.15, 0.2) is 4.99 Å². The van der Waals surface area contributed by atoms with Gasteiger partial charge in [0.25, 0.3) is 0 Å². The standard InChI is InChI=1S/C20H36N4O3.HI/c1-4-26-17-12-16(20(17)10-6-7-11-20)24-18(21-3)22-13-15(14-8-9-14)23-19(25)27-5-2;/h14-17H,4-13H2,1-3H3,(H,23,25)(H2,21,22,24);1H. The number of halogens is 1. The van der Waals surface area contributed by atoms with E-state index in [-0.39, 0.29) is 41.5 Å². The first-order valence-electron chi connectivity index (χ1n) is 10.6. The van der Waals surface area contributed by atoms with Gasteiger partial charge in [-0.15, -0.1) is 24.0 Å². The summed E-state index contributed by atoms with van der Waals surface area (Å²) in [5.74, 6) is 1.35. The lowest BCUT2D eigenvalue weighted by atomic mass is 9.60. The molecule has 0 aliphatic heterocycles. The second-order valence-electron chi connectivity index (χ2n) is 8.08.